The van der Waals surface area contributed by atoms with Crippen molar-refractivity contribution in [2.75, 3.05) is 7.05 Å². The molecular formula is C16H18FN. The molecule has 0 aliphatic rings. The molecule has 2 rings (SSSR count). The third-order valence-electron chi connectivity index (χ3n) is 3.32. The first kappa shape index (κ1) is 12.8. The Kier molecular flexibility index (Phi) is 3.78. The highest BCUT2D eigenvalue weighted by atomic mass is 19.1. The standard InChI is InChI=1S/C16H18FN/c1-11-5-4-6-12(2)15(11)16(18-3)13-7-9-14(17)10-8-13/h4-10,16,18H,1-3H3. The molecule has 94 valence electrons. The highest BCUT2D eigenvalue weighted by molar-refractivity contribution is 5.41. The quantitative estimate of drug-likeness (QED) is 0.865. The van der Waals surface area contributed by atoms with Gasteiger partial charge in [0, 0.05) is 0 Å². The van der Waals surface area contributed by atoms with Crippen molar-refractivity contribution in [1.29, 1.82) is 0 Å². The average Bonchev–Trinajstić information content (AvgIpc) is 2.35. The number of hydrogen-bond acceptors (Lipinski definition) is 1. The summed E-state index contributed by atoms with van der Waals surface area (Å²) in [5, 5.41) is 3.31. The van der Waals surface area contributed by atoms with Gasteiger partial charge in [-0.1, -0.05) is 30.3 Å². The maximum absolute atomic E-state index is 13.0. The minimum atomic E-state index is -0.199. The third kappa shape index (κ3) is 2.44. The van der Waals surface area contributed by atoms with Crippen LogP contribution in [0.2, 0.25) is 0 Å². The molecule has 18 heavy (non-hydrogen) atoms. The minimum Gasteiger partial charge on any atom is -0.309 e. The van der Waals surface area contributed by atoms with Gasteiger partial charge in [-0.25, -0.2) is 4.39 Å². The molecule has 1 atom stereocenters. The topological polar surface area (TPSA) is 12.0 Å². The predicted octanol–water partition coefficient (Wildman–Crippen LogP) is 3.75. The van der Waals surface area contributed by atoms with Gasteiger partial charge in [0.1, 0.15) is 5.82 Å². The van der Waals surface area contributed by atoms with Crippen LogP contribution >= 0.6 is 0 Å². The lowest BCUT2D eigenvalue weighted by Crippen LogP contribution is -2.19. The molecule has 2 aromatic rings. The van der Waals surface area contributed by atoms with E-state index in [-0.39, 0.29) is 11.9 Å². The lowest BCUT2D eigenvalue weighted by Gasteiger charge is -2.21. The number of rotatable bonds is 3. The fourth-order valence-electron chi connectivity index (χ4n) is 2.42. The van der Waals surface area contributed by atoms with Crippen molar-refractivity contribution in [2.24, 2.45) is 0 Å². The highest BCUT2D eigenvalue weighted by Crippen LogP contribution is 2.27. The summed E-state index contributed by atoms with van der Waals surface area (Å²) >= 11 is 0. The fourth-order valence-corrected chi connectivity index (χ4v) is 2.42. The second-order valence-electron chi connectivity index (χ2n) is 4.58. The lowest BCUT2D eigenvalue weighted by atomic mass is 9.91. The summed E-state index contributed by atoms with van der Waals surface area (Å²) in [6.07, 6.45) is 0. The average molecular weight is 243 g/mol. The van der Waals surface area contributed by atoms with E-state index in [1.165, 1.54) is 28.8 Å². The van der Waals surface area contributed by atoms with E-state index in [1.54, 1.807) is 0 Å². The van der Waals surface area contributed by atoms with Gasteiger partial charge < -0.3 is 5.32 Å². The van der Waals surface area contributed by atoms with Gasteiger partial charge in [-0.2, -0.15) is 0 Å². The van der Waals surface area contributed by atoms with Gasteiger partial charge in [0.05, 0.1) is 6.04 Å². The van der Waals surface area contributed by atoms with Crippen LogP contribution in [0.25, 0.3) is 0 Å². The third-order valence-corrected chi connectivity index (χ3v) is 3.32. The van der Waals surface area contributed by atoms with Crippen LogP contribution < -0.4 is 5.32 Å². The molecule has 0 saturated carbocycles. The monoisotopic (exact) mass is 243 g/mol. The molecule has 1 nitrogen and oxygen atoms in total. The van der Waals surface area contributed by atoms with Crippen molar-refractivity contribution in [3.63, 3.8) is 0 Å². The van der Waals surface area contributed by atoms with E-state index in [0.29, 0.717) is 0 Å². The molecule has 0 aromatic heterocycles. The van der Waals surface area contributed by atoms with Gasteiger partial charge in [-0.3, -0.25) is 0 Å². The van der Waals surface area contributed by atoms with E-state index in [4.69, 9.17) is 0 Å². The van der Waals surface area contributed by atoms with Crippen molar-refractivity contribution in [3.05, 3.63) is 70.5 Å². The summed E-state index contributed by atoms with van der Waals surface area (Å²) in [5.41, 5.74) is 4.85. The van der Waals surface area contributed by atoms with Crippen molar-refractivity contribution in [3.8, 4) is 0 Å². The SMILES string of the molecule is CNC(c1ccc(F)cc1)c1c(C)cccc1C. The molecule has 0 bridgehead atoms. The van der Waals surface area contributed by atoms with Crippen molar-refractivity contribution < 1.29 is 4.39 Å². The molecule has 1 N–H and O–H groups in total. The van der Waals surface area contributed by atoms with Crippen molar-refractivity contribution >= 4 is 0 Å². The van der Waals surface area contributed by atoms with Crippen molar-refractivity contribution in [1.82, 2.24) is 5.32 Å². The first-order chi connectivity index (χ1) is 8.63. The molecular weight excluding hydrogens is 225 g/mol. The minimum absolute atomic E-state index is 0.104. The van der Waals surface area contributed by atoms with E-state index in [9.17, 15) is 4.39 Å². The molecule has 2 heteroatoms. The molecule has 0 saturated heterocycles. The Labute approximate surface area is 108 Å². The lowest BCUT2D eigenvalue weighted by molar-refractivity contribution is 0.623. The second kappa shape index (κ2) is 5.32. The van der Waals surface area contributed by atoms with E-state index in [0.717, 1.165) is 5.56 Å². The summed E-state index contributed by atoms with van der Waals surface area (Å²) in [6, 6.07) is 13.1. The van der Waals surface area contributed by atoms with Crippen LogP contribution in [0.4, 0.5) is 4.39 Å². The summed E-state index contributed by atoms with van der Waals surface area (Å²) in [6.45, 7) is 4.21. The van der Waals surface area contributed by atoms with E-state index < -0.39 is 0 Å². The van der Waals surface area contributed by atoms with Crippen LogP contribution in [-0.2, 0) is 0 Å². The van der Waals surface area contributed by atoms with Crippen LogP contribution in [0.3, 0.4) is 0 Å². The van der Waals surface area contributed by atoms with Gasteiger partial charge in [0.15, 0.2) is 0 Å². The maximum Gasteiger partial charge on any atom is 0.123 e. The summed E-state index contributed by atoms with van der Waals surface area (Å²) in [4.78, 5) is 0. The molecule has 0 spiro atoms. The Bertz CT molecular complexity index is 511. The summed E-state index contributed by atoms with van der Waals surface area (Å²) in [7, 11) is 1.93. The van der Waals surface area contributed by atoms with Crippen LogP contribution in [-0.4, -0.2) is 7.05 Å². The van der Waals surface area contributed by atoms with Crippen LogP contribution in [0.15, 0.2) is 42.5 Å². The number of nitrogens with one attached hydrogen (secondary N) is 1. The smallest absolute Gasteiger partial charge is 0.123 e. The summed E-state index contributed by atoms with van der Waals surface area (Å²) < 4.78 is 13.0. The maximum atomic E-state index is 13.0. The molecule has 0 radical (unpaired) electrons. The van der Waals surface area contributed by atoms with Crippen LogP contribution in [0, 0.1) is 19.7 Å². The first-order valence-corrected chi connectivity index (χ1v) is 6.12. The molecule has 1 unspecified atom stereocenters. The van der Waals surface area contributed by atoms with Gasteiger partial charge in [0.25, 0.3) is 0 Å². The normalized spacial score (nSPS) is 12.4. The van der Waals surface area contributed by atoms with E-state index in [2.05, 4.69) is 37.4 Å². The Balaban J connectivity index is 2.48. The number of halogens is 1. The van der Waals surface area contributed by atoms with Crippen LogP contribution in [0.5, 0.6) is 0 Å². The Morgan fingerprint density at radius 3 is 2.00 bits per heavy atom. The first-order valence-electron chi connectivity index (χ1n) is 6.12. The molecule has 0 aliphatic carbocycles. The van der Waals surface area contributed by atoms with E-state index in [1.807, 2.05) is 19.2 Å². The zero-order valence-corrected chi connectivity index (χ0v) is 11.0. The van der Waals surface area contributed by atoms with Gasteiger partial charge in [0.2, 0.25) is 0 Å². The van der Waals surface area contributed by atoms with Gasteiger partial charge in [-0.15, -0.1) is 0 Å². The van der Waals surface area contributed by atoms with E-state index >= 15 is 0 Å². The molecule has 0 fully saturated rings. The largest absolute Gasteiger partial charge is 0.309 e. The number of benzene rings is 2. The molecule has 0 aliphatic heterocycles. The fraction of sp³-hybridized carbons (Fsp3) is 0.250. The second-order valence-corrected chi connectivity index (χ2v) is 4.58. The Morgan fingerprint density at radius 2 is 1.50 bits per heavy atom. The molecule has 2 aromatic carbocycles. The predicted molar refractivity (Wildman–Crippen MR) is 73.2 cm³/mol. The zero-order valence-electron chi connectivity index (χ0n) is 11.0. The highest BCUT2D eigenvalue weighted by Gasteiger charge is 2.16. The number of aryl methyl sites for hydroxylation is 2. The van der Waals surface area contributed by atoms with Gasteiger partial charge in [-0.05, 0) is 55.3 Å². The van der Waals surface area contributed by atoms with Crippen molar-refractivity contribution in [2.45, 2.75) is 19.9 Å². The van der Waals surface area contributed by atoms with Gasteiger partial charge >= 0.3 is 0 Å². The summed E-state index contributed by atoms with van der Waals surface area (Å²) in [5.74, 6) is -0.199. The molecule has 0 amide bonds. The molecule has 0 heterocycles. The Morgan fingerprint density at radius 1 is 0.944 bits per heavy atom. The number of hydrogen-bond donors (Lipinski definition) is 1. The van der Waals surface area contributed by atoms with Crippen LogP contribution in [0.1, 0.15) is 28.3 Å². The zero-order chi connectivity index (χ0) is 13.1. The Hall–Kier alpha value is -1.67.